The van der Waals surface area contributed by atoms with Crippen molar-refractivity contribution in [1.29, 1.82) is 0 Å². The molecule has 0 saturated carbocycles. The summed E-state index contributed by atoms with van der Waals surface area (Å²) in [5.74, 6) is -0.651. The first-order valence-electron chi connectivity index (χ1n) is 8.04. The Hall–Kier alpha value is -1.84. The first-order chi connectivity index (χ1) is 10.5. The van der Waals surface area contributed by atoms with E-state index < -0.39 is 5.97 Å². The standard InChI is InChI=1S/C18H27NO3/c1-14-9-8-10-15(2)16(14)13-17(20)19-12-7-5-3-4-6-11-18(21)22/h8-10H,3-7,11-13H2,1-2H3,(H,19,20)(H,21,22). The van der Waals surface area contributed by atoms with E-state index >= 15 is 0 Å². The van der Waals surface area contributed by atoms with Crippen molar-refractivity contribution >= 4 is 11.9 Å². The quantitative estimate of drug-likeness (QED) is 0.651. The van der Waals surface area contributed by atoms with Crippen LogP contribution in [0.1, 0.15) is 55.2 Å². The molecule has 0 aromatic heterocycles. The lowest BCUT2D eigenvalue weighted by atomic mass is 10.00. The number of aliphatic carboxylic acids is 1. The molecule has 4 heteroatoms. The molecule has 1 aromatic rings. The summed E-state index contributed by atoms with van der Waals surface area (Å²) in [5.41, 5.74) is 3.44. The zero-order valence-electron chi connectivity index (χ0n) is 13.7. The van der Waals surface area contributed by atoms with E-state index in [4.69, 9.17) is 5.11 Å². The second-order valence-electron chi connectivity index (χ2n) is 5.81. The second-order valence-corrected chi connectivity index (χ2v) is 5.81. The Morgan fingerprint density at radius 2 is 1.59 bits per heavy atom. The van der Waals surface area contributed by atoms with Gasteiger partial charge in [-0.05, 0) is 43.4 Å². The molecular weight excluding hydrogens is 278 g/mol. The average molecular weight is 305 g/mol. The molecule has 1 rings (SSSR count). The molecule has 1 aromatic carbocycles. The van der Waals surface area contributed by atoms with Crippen LogP contribution >= 0.6 is 0 Å². The van der Waals surface area contributed by atoms with Crippen molar-refractivity contribution < 1.29 is 14.7 Å². The maximum absolute atomic E-state index is 12.0. The minimum atomic E-state index is -0.723. The molecule has 0 aliphatic heterocycles. The molecule has 0 spiro atoms. The van der Waals surface area contributed by atoms with E-state index in [1.807, 2.05) is 32.0 Å². The monoisotopic (exact) mass is 305 g/mol. The lowest BCUT2D eigenvalue weighted by molar-refractivity contribution is -0.137. The van der Waals surface area contributed by atoms with Crippen molar-refractivity contribution in [3.05, 3.63) is 34.9 Å². The fraction of sp³-hybridized carbons (Fsp3) is 0.556. The third kappa shape index (κ3) is 7.25. The molecule has 0 radical (unpaired) electrons. The van der Waals surface area contributed by atoms with Crippen molar-refractivity contribution in [2.75, 3.05) is 6.54 Å². The Labute approximate surface area is 132 Å². The number of hydrogen-bond acceptors (Lipinski definition) is 2. The zero-order chi connectivity index (χ0) is 16.4. The van der Waals surface area contributed by atoms with Gasteiger partial charge in [-0.2, -0.15) is 0 Å². The summed E-state index contributed by atoms with van der Waals surface area (Å²) in [6.45, 7) is 4.77. The number of rotatable bonds is 10. The molecule has 0 aliphatic rings. The summed E-state index contributed by atoms with van der Waals surface area (Å²) in [4.78, 5) is 22.3. The van der Waals surface area contributed by atoms with Crippen molar-refractivity contribution in [2.24, 2.45) is 0 Å². The number of carbonyl (C=O) groups excluding carboxylic acids is 1. The summed E-state index contributed by atoms with van der Waals surface area (Å²) < 4.78 is 0. The largest absolute Gasteiger partial charge is 0.481 e. The van der Waals surface area contributed by atoms with Crippen LogP contribution in [0.3, 0.4) is 0 Å². The van der Waals surface area contributed by atoms with Gasteiger partial charge in [0, 0.05) is 13.0 Å². The fourth-order valence-corrected chi connectivity index (χ4v) is 2.51. The number of unbranched alkanes of at least 4 members (excludes halogenated alkanes) is 4. The van der Waals surface area contributed by atoms with Gasteiger partial charge < -0.3 is 10.4 Å². The number of aryl methyl sites for hydroxylation is 2. The first kappa shape index (κ1) is 18.2. The van der Waals surface area contributed by atoms with Crippen molar-refractivity contribution in [2.45, 2.75) is 58.8 Å². The molecule has 1 amide bonds. The van der Waals surface area contributed by atoms with Crippen molar-refractivity contribution in [3.63, 3.8) is 0 Å². The summed E-state index contributed by atoms with van der Waals surface area (Å²) in [5, 5.41) is 11.5. The molecule has 0 heterocycles. The highest BCUT2D eigenvalue weighted by Crippen LogP contribution is 2.13. The number of carbonyl (C=O) groups is 2. The molecule has 2 N–H and O–H groups in total. The van der Waals surface area contributed by atoms with Crippen LogP contribution in [0.25, 0.3) is 0 Å². The second kappa shape index (κ2) is 9.98. The molecule has 122 valence electrons. The van der Waals surface area contributed by atoms with Crippen LogP contribution in [0.15, 0.2) is 18.2 Å². The normalized spacial score (nSPS) is 10.5. The van der Waals surface area contributed by atoms with Gasteiger partial charge in [0.05, 0.1) is 6.42 Å². The van der Waals surface area contributed by atoms with Crippen molar-refractivity contribution in [1.82, 2.24) is 5.32 Å². The van der Waals surface area contributed by atoms with Gasteiger partial charge in [-0.1, -0.05) is 37.5 Å². The maximum atomic E-state index is 12.0. The van der Waals surface area contributed by atoms with Gasteiger partial charge in [0.2, 0.25) is 5.91 Å². The molecule has 0 saturated heterocycles. The summed E-state index contributed by atoms with van der Waals surface area (Å²) in [6.07, 6.45) is 5.40. The van der Waals surface area contributed by atoms with E-state index in [-0.39, 0.29) is 12.3 Å². The average Bonchev–Trinajstić information content (AvgIpc) is 2.45. The number of carboxylic acid groups (broad SMARTS) is 1. The van der Waals surface area contributed by atoms with Crippen molar-refractivity contribution in [3.8, 4) is 0 Å². The lowest BCUT2D eigenvalue weighted by Crippen LogP contribution is -2.26. The van der Waals surface area contributed by atoms with Crippen LogP contribution in [0.4, 0.5) is 0 Å². The maximum Gasteiger partial charge on any atom is 0.303 e. The van der Waals surface area contributed by atoms with Gasteiger partial charge in [-0.15, -0.1) is 0 Å². The van der Waals surface area contributed by atoms with Crippen LogP contribution in [-0.2, 0) is 16.0 Å². The molecule has 0 atom stereocenters. The van der Waals surface area contributed by atoms with E-state index in [9.17, 15) is 9.59 Å². The molecule has 0 bridgehead atoms. The van der Waals surface area contributed by atoms with Crippen LogP contribution in [-0.4, -0.2) is 23.5 Å². The Morgan fingerprint density at radius 3 is 2.23 bits per heavy atom. The molecular formula is C18H27NO3. The van der Waals surface area contributed by atoms with E-state index in [2.05, 4.69) is 5.32 Å². The predicted molar refractivity (Wildman–Crippen MR) is 88.0 cm³/mol. The summed E-state index contributed by atoms with van der Waals surface area (Å²) in [7, 11) is 0. The minimum Gasteiger partial charge on any atom is -0.481 e. The Morgan fingerprint density at radius 1 is 1.00 bits per heavy atom. The summed E-state index contributed by atoms with van der Waals surface area (Å²) >= 11 is 0. The highest BCUT2D eigenvalue weighted by atomic mass is 16.4. The minimum absolute atomic E-state index is 0.0725. The number of hydrogen-bond donors (Lipinski definition) is 2. The zero-order valence-corrected chi connectivity index (χ0v) is 13.7. The fourth-order valence-electron chi connectivity index (χ4n) is 2.51. The number of nitrogens with one attached hydrogen (secondary N) is 1. The van der Waals surface area contributed by atoms with Gasteiger partial charge >= 0.3 is 5.97 Å². The van der Waals surface area contributed by atoms with E-state index in [1.54, 1.807) is 0 Å². The molecule has 0 unspecified atom stereocenters. The number of amides is 1. The lowest BCUT2D eigenvalue weighted by Gasteiger charge is -2.10. The number of carboxylic acids is 1. The van der Waals surface area contributed by atoms with Gasteiger partial charge in [0.15, 0.2) is 0 Å². The van der Waals surface area contributed by atoms with Gasteiger partial charge in [0.25, 0.3) is 0 Å². The molecule has 0 aliphatic carbocycles. The third-order valence-corrected chi connectivity index (χ3v) is 3.87. The highest BCUT2D eigenvalue weighted by Gasteiger charge is 2.07. The Bertz CT molecular complexity index is 477. The van der Waals surface area contributed by atoms with Crippen LogP contribution in [0.2, 0.25) is 0 Å². The number of benzene rings is 1. The predicted octanol–water partition coefficient (Wildman–Crippen LogP) is 3.39. The van der Waals surface area contributed by atoms with Gasteiger partial charge in [0.1, 0.15) is 0 Å². The SMILES string of the molecule is Cc1cccc(C)c1CC(=O)NCCCCCCCC(=O)O. The van der Waals surface area contributed by atoms with Gasteiger partial charge in [-0.3, -0.25) is 9.59 Å². The summed E-state index contributed by atoms with van der Waals surface area (Å²) in [6, 6.07) is 6.08. The van der Waals surface area contributed by atoms with Crippen LogP contribution in [0, 0.1) is 13.8 Å². The van der Waals surface area contributed by atoms with Crippen LogP contribution in [0.5, 0.6) is 0 Å². The van der Waals surface area contributed by atoms with E-state index in [0.717, 1.165) is 48.8 Å². The Balaban J connectivity index is 2.13. The Kier molecular flexibility index (Phi) is 8.26. The van der Waals surface area contributed by atoms with Crippen LogP contribution < -0.4 is 5.32 Å². The molecule has 0 fully saturated rings. The smallest absolute Gasteiger partial charge is 0.303 e. The molecule has 4 nitrogen and oxygen atoms in total. The third-order valence-electron chi connectivity index (χ3n) is 3.87. The van der Waals surface area contributed by atoms with Gasteiger partial charge in [-0.25, -0.2) is 0 Å². The highest BCUT2D eigenvalue weighted by molar-refractivity contribution is 5.79. The molecule has 22 heavy (non-hydrogen) atoms. The topological polar surface area (TPSA) is 66.4 Å². The van der Waals surface area contributed by atoms with E-state index in [0.29, 0.717) is 13.0 Å². The first-order valence-corrected chi connectivity index (χ1v) is 8.04. The van der Waals surface area contributed by atoms with E-state index in [1.165, 1.54) is 0 Å².